The fraction of sp³-hybridized carbons (Fsp3) is 0.375. The monoisotopic (exact) mass is 283 g/mol. The Morgan fingerprint density at radius 1 is 1.14 bits per heavy atom. The molecule has 2 heterocycles. The molecule has 0 radical (unpaired) electrons. The van der Waals surface area contributed by atoms with E-state index in [1.807, 2.05) is 6.07 Å². The summed E-state index contributed by atoms with van der Waals surface area (Å²) in [5.41, 5.74) is 8.00. The van der Waals surface area contributed by atoms with E-state index in [2.05, 4.69) is 51.1 Å². The minimum atomic E-state index is 0.284. The van der Waals surface area contributed by atoms with Gasteiger partial charge in [0.2, 0.25) is 0 Å². The van der Waals surface area contributed by atoms with Crippen molar-refractivity contribution in [1.29, 1.82) is 0 Å². The molecule has 0 bridgehead atoms. The van der Waals surface area contributed by atoms with E-state index in [1.165, 1.54) is 5.56 Å². The number of likely N-dealkylation sites (N-methyl/N-ethyl adjacent to an activating group) is 1. The Labute approximate surface area is 125 Å². The van der Waals surface area contributed by atoms with Crippen molar-refractivity contribution in [2.75, 3.05) is 31.6 Å². The van der Waals surface area contributed by atoms with E-state index in [-0.39, 0.29) is 6.04 Å². The number of hydrogen-bond acceptors (Lipinski definition) is 5. The zero-order valence-electron chi connectivity index (χ0n) is 12.3. The van der Waals surface area contributed by atoms with Crippen LogP contribution in [-0.4, -0.2) is 41.5 Å². The SMILES string of the molecule is CN1CCN(c2nccnc2CN)C(c2ccccc2)C1. The first-order chi connectivity index (χ1) is 10.3. The highest BCUT2D eigenvalue weighted by molar-refractivity contribution is 5.47. The van der Waals surface area contributed by atoms with Crippen LogP contribution in [0.2, 0.25) is 0 Å². The number of nitrogens with zero attached hydrogens (tertiary/aromatic N) is 4. The van der Waals surface area contributed by atoms with Crippen LogP contribution in [-0.2, 0) is 6.54 Å². The van der Waals surface area contributed by atoms with Crippen LogP contribution in [0.15, 0.2) is 42.7 Å². The summed E-state index contributed by atoms with van der Waals surface area (Å²) in [7, 11) is 2.16. The van der Waals surface area contributed by atoms with Gasteiger partial charge in [-0.1, -0.05) is 30.3 Å². The van der Waals surface area contributed by atoms with E-state index in [1.54, 1.807) is 12.4 Å². The van der Waals surface area contributed by atoms with Crippen LogP contribution >= 0.6 is 0 Å². The third-order valence-electron chi connectivity index (χ3n) is 3.99. The van der Waals surface area contributed by atoms with Crippen LogP contribution in [0.5, 0.6) is 0 Å². The van der Waals surface area contributed by atoms with Gasteiger partial charge in [0.05, 0.1) is 11.7 Å². The first-order valence-corrected chi connectivity index (χ1v) is 7.29. The molecule has 0 saturated carbocycles. The lowest BCUT2D eigenvalue weighted by Crippen LogP contribution is -2.47. The van der Waals surface area contributed by atoms with E-state index >= 15 is 0 Å². The number of hydrogen-bond donors (Lipinski definition) is 1. The van der Waals surface area contributed by atoms with Crippen LogP contribution < -0.4 is 10.6 Å². The highest BCUT2D eigenvalue weighted by Crippen LogP contribution is 2.30. The van der Waals surface area contributed by atoms with Gasteiger partial charge in [-0.15, -0.1) is 0 Å². The molecule has 21 heavy (non-hydrogen) atoms. The fourth-order valence-electron chi connectivity index (χ4n) is 2.88. The largest absolute Gasteiger partial charge is 0.345 e. The van der Waals surface area contributed by atoms with Crippen LogP contribution in [0.1, 0.15) is 17.3 Å². The molecule has 1 fully saturated rings. The Morgan fingerprint density at radius 2 is 1.90 bits per heavy atom. The first kappa shape index (κ1) is 14.0. The van der Waals surface area contributed by atoms with Gasteiger partial charge >= 0.3 is 0 Å². The van der Waals surface area contributed by atoms with Crippen LogP contribution in [0.4, 0.5) is 5.82 Å². The van der Waals surface area contributed by atoms with Crippen LogP contribution in [0, 0.1) is 0 Å². The van der Waals surface area contributed by atoms with Crippen molar-refractivity contribution in [3.8, 4) is 0 Å². The van der Waals surface area contributed by atoms with Gasteiger partial charge in [0, 0.05) is 38.6 Å². The topological polar surface area (TPSA) is 58.3 Å². The molecule has 1 saturated heterocycles. The van der Waals surface area contributed by atoms with E-state index in [9.17, 15) is 0 Å². The molecular weight excluding hydrogens is 262 g/mol. The van der Waals surface area contributed by atoms with E-state index in [0.29, 0.717) is 6.54 Å². The lowest BCUT2D eigenvalue weighted by molar-refractivity contribution is 0.267. The van der Waals surface area contributed by atoms with Gasteiger partial charge < -0.3 is 15.5 Å². The van der Waals surface area contributed by atoms with E-state index < -0.39 is 0 Å². The summed E-state index contributed by atoms with van der Waals surface area (Å²) in [4.78, 5) is 13.6. The molecule has 1 aromatic heterocycles. The predicted molar refractivity (Wildman–Crippen MR) is 83.9 cm³/mol. The van der Waals surface area contributed by atoms with Gasteiger partial charge in [-0.05, 0) is 12.6 Å². The molecule has 5 nitrogen and oxygen atoms in total. The molecule has 3 rings (SSSR count). The Balaban J connectivity index is 1.98. The summed E-state index contributed by atoms with van der Waals surface area (Å²) in [6.45, 7) is 3.34. The maximum absolute atomic E-state index is 5.83. The van der Waals surface area contributed by atoms with Crippen molar-refractivity contribution in [2.45, 2.75) is 12.6 Å². The van der Waals surface area contributed by atoms with Gasteiger partial charge in [-0.3, -0.25) is 4.98 Å². The standard InChI is InChI=1S/C16H21N5/c1-20-9-10-21(16-14(11-17)18-7-8-19-16)15(12-20)13-5-3-2-4-6-13/h2-8,15H,9-12,17H2,1H3. The molecule has 1 unspecified atom stereocenters. The second kappa shape index (κ2) is 6.20. The molecule has 1 aromatic carbocycles. The third kappa shape index (κ3) is 2.89. The van der Waals surface area contributed by atoms with Gasteiger partial charge in [0.1, 0.15) is 0 Å². The van der Waals surface area contributed by atoms with E-state index in [0.717, 1.165) is 31.1 Å². The van der Waals surface area contributed by atoms with Gasteiger partial charge in [0.25, 0.3) is 0 Å². The molecule has 1 aliphatic rings. The van der Waals surface area contributed by atoms with Crippen molar-refractivity contribution >= 4 is 5.82 Å². The maximum atomic E-state index is 5.83. The number of piperazine rings is 1. The molecular formula is C16H21N5. The average molecular weight is 283 g/mol. The van der Waals surface area contributed by atoms with Gasteiger partial charge in [-0.2, -0.15) is 0 Å². The molecule has 0 spiro atoms. The molecule has 0 aliphatic carbocycles. The summed E-state index contributed by atoms with van der Waals surface area (Å²) in [6.07, 6.45) is 3.45. The third-order valence-corrected chi connectivity index (χ3v) is 3.99. The maximum Gasteiger partial charge on any atom is 0.152 e. The Hall–Kier alpha value is -1.98. The number of rotatable bonds is 3. The van der Waals surface area contributed by atoms with Gasteiger partial charge in [-0.25, -0.2) is 4.98 Å². The predicted octanol–water partition coefficient (Wildman–Crippen LogP) is 1.43. The van der Waals surface area contributed by atoms with Crippen molar-refractivity contribution in [3.05, 3.63) is 54.0 Å². The lowest BCUT2D eigenvalue weighted by atomic mass is 10.0. The Kier molecular flexibility index (Phi) is 4.13. The average Bonchev–Trinajstić information content (AvgIpc) is 2.55. The summed E-state index contributed by atoms with van der Waals surface area (Å²) in [6, 6.07) is 10.9. The number of nitrogens with two attached hydrogens (primary N) is 1. The minimum Gasteiger partial charge on any atom is -0.345 e. The first-order valence-electron chi connectivity index (χ1n) is 7.29. The van der Waals surface area contributed by atoms with Crippen LogP contribution in [0.25, 0.3) is 0 Å². The van der Waals surface area contributed by atoms with E-state index in [4.69, 9.17) is 5.73 Å². The van der Waals surface area contributed by atoms with Gasteiger partial charge in [0.15, 0.2) is 5.82 Å². The quantitative estimate of drug-likeness (QED) is 0.923. The number of aromatic nitrogens is 2. The number of anilines is 1. The highest BCUT2D eigenvalue weighted by Gasteiger charge is 2.29. The zero-order chi connectivity index (χ0) is 14.7. The second-order valence-electron chi connectivity index (χ2n) is 5.41. The smallest absolute Gasteiger partial charge is 0.152 e. The highest BCUT2D eigenvalue weighted by atomic mass is 15.3. The van der Waals surface area contributed by atoms with Crippen molar-refractivity contribution < 1.29 is 0 Å². The summed E-state index contributed by atoms with van der Waals surface area (Å²) in [5.74, 6) is 0.918. The molecule has 2 aromatic rings. The molecule has 110 valence electrons. The second-order valence-corrected chi connectivity index (χ2v) is 5.41. The fourth-order valence-corrected chi connectivity index (χ4v) is 2.88. The normalized spacial score (nSPS) is 19.7. The number of benzene rings is 1. The van der Waals surface area contributed by atoms with Crippen molar-refractivity contribution in [2.24, 2.45) is 5.73 Å². The van der Waals surface area contributed by atoms with Crippen molar-refractivity contribution in [3.63, 3.8) is 0 Å². The minimum absolute atomic E-state index is 0.284. The van der Waals surface area contributed by atoms with Crippen molar-refractivity contribution in [1.82, 2.24) is 14.9 Å². The summed E-state index contributed by atoms with van der Waals surface area (Å²) in [5, 5.41) is 0. The lowest BCUT2D eigenvalue weighted by Gasteiger charge is -2.41. The molecule has 2 N–H and O–H groups in total. The Morgan fingerprint density at radius 3 is 2.67 bits per heavy atom. The molecule has 1 aliphatic heterocycles. The zero-order valence-corrected chi connectivity index (χ0v) is 12.3. The summed E-state index contributed by atoms with van der Waals surface area (Å²) >= 11 is 0. The van der Waals surface area contributed by atoms with Crippen LogP contribution in [0.3, 0.4) is 0 Å². The summed E-state index contributed by atoms with van der Waals surface area (Å²) < 4.78 is 0. The Bertz CT molecular complexity index is 586. The molecule has 1 atom stereocenters. The molecule has 0 amide bonds. The molecule has 5 heteroatoms.